The third-order valence-corrected chi connectivity index (χ3v) is 7.28. The lowest BCUT2D eigenvalue weighted by atomic mass is 9.87. The molecule has 0 saturated heterocycles. The topological polar surface area (TPSA) is 41.6 Å². The van der Waals surface area contributed by atoms with Crippen molar-refractivity contribution in [2.24, 2.45) is 0 Å². The van der Waals surface area contributed by atoms with Crippen molar-refractivity contribution in [2.45, 2.75) is 51.9 Å². The van der Waals surface area contributed by atoms with E-state index in [2.05, 4.69) is 83.9 Å². The average Bonchev–Trinajstić information content (AvgIpc) is 2.95. The number of nitrogens with zero attached hydrogens (tertiary/aromatic N) is 1. The molecule has 0 bridgehead atoms. The number of hydrogen-bond acceptors (Lipinski definition) is 3. The number of carbonyl (C=O) groups excluding carboxylic acids is 1. The zero-order valence-corrected chi connectivity index (χ0v) is 22.3. The quantitative estimate of drug-likeness (QED) is 0.279. The van der Waals surface area contributed by atoms with Crippen LogP contribution in [0.3, 0.4) is 0 Å². The molecule has 0 aromatic heterocycles. The summed E-state index contributed by atoms with van der Waals surface area (Å²) in [6, 6.07) is 35.9. The number of carbonyl (C=O) groups is 1. The summed E-state index contributed by atoms with van der Waals surface area (Å²) >= 11 is 0. The molecular formula is C34H36N2O2. The second kappa shape index (κ2) is 12.1. The van der Waals surface area contributed by atoms with Gasteiger partial charge >= 0.3 is 0 Å². The summed E-state index contributed by atoms with van der Waals surface area (Å²) < 4.78 is 6.30. The van der Waals surface area contributed by atoms with E-state index in [9.17, 15) is 4.79 Å². The Bertz CT molecular complexity index is 1350. The normalized spacial score (nSPS) is 15.9. The lowest BCUT2D eigenvalue weighted by Crippen LogP contribution is -2.38. The number of ether oxygens (including phenoxy) is 1. The van der Waals surface area contributed by atoms with E-state index in [1.165, 1.54) is 27.8 Å². The third-order valence-electron chi connectivity index (χ3n) is 7.28. The molecule has 1 N–H and O–H groups in total. The minimum Gasteiger partial charge on any atom is -0.481 e. The highest BCUT2D eigenvalue weighted by molar-refractivity contribution is 5.81. The predicted octanol–water partition coefficient (Wildman–Crippen LogP) is 6.62. The van der Waals surface area contributed by atoms with E-state index in [4.69, 9.17) is 4.74 Å². The summed E-state index contributed by atoms with van der Waals surface area (Å²) in [5, 5.41) is 3.03. The van der Waals surface area contributed by atoms with Crippen molar-refractivity contribution in [3.8, 4) is 5.75 Å². The van der Waals surface area contributed by atoms with Gasteiger partial charge in [-0.05, 0) is 59.7 Å². The zero-order valence-electron chi connectivity index (χ0n) is 22.3. The maximum absolute atomic E-state index is 13.0. The first-order valence-corrected chi connectivity index (χ1v) is 13.6. The maximum Gasteiger partial charge on any atom is 0.261 e. The van der Waals surface area contributed by atoms with Crippen LogP contribution < -0.4 is 10.1 Å². The van der Waals surface area contributed by atoms with Crippen LogP contribution in [0.1, 0.15) is 52.8 Å². The van der Waals surface area contributed by atoms with E-state index < -0.39 is 6.10 Å². The van der Waals surface area contributed by atoms with Gasteiger partial charge in [-0.3, -0.25) is 9.69 Å². The highest BCUT2D eigenvalue weighted by atomic mass is 16.5. The monoisotopic (exact) mass is 504 g/mol. The molecule has 0 radical (unpaired) electrons. The van der Waals surface area contributed by atoms with E-state index in [1.54, 1.807) is 0 Å². The van der Waals surface area contributed by atoms with Crippen LogP contribution >= 0.6 is 0 Å². The predicted molar refractivity (Wildman–Crippen MR) is 153 cm³/mol. The molecular weight excluding hydrogens is 468 g/mol. The van der Waals surface area contributed by atoms with E-state index in [0.29, 0.717) is 13.0 Å². The van der Waals surface area contributed by atoms with Crippen molar-refractivity contribution in [3.05, 3.63) is 137 Å². The molecule has 4 aromatic carbocycles. The SMILES string of the molecule is CC[C@@H](Oc1ccc2c(c1)[C@H](c1ccccc1)N(Cc1cccc(C)c1)CC2)C(=O)NCc1ccccc1. The van der Waals surface area contributed by atoms with Gasteiger partial charge in [-0.15, -0.1) is 0 Å². The van der Waals surface area contributed by atoms with Crippen molar-refractivity contribution in [2.75, 3.05) is 6.54 Å². The number of hydrogen-bond donors (Lipinski definition) is 1. The summed E-state index contributed by atoms with van der Waals surface area (Å²) in [4.78, 5) is 15.5. The van der Waals surface area contributed by atoms with Crippen molar-refractivity contribution in [1.82, 2.24) is 10.2 Å². The summed E-state index contributed by atoms with van der Waals surface area (Å²) in [6.07, 6.45) is 1.04. The molecule has 0 unspecified atom stereocenters. The lowest BCUT2D eigenvalue weighted by molar-refractivity contribution is -0.128. The van der Waals surface area contributed by atoms with Crippen LogP contribution in [-0.4, -0.2) is 23.5 Å². The summed E-state index contributed by atoms with van der Waals surface area (Å²) in [5.41, 5.74) is 7.54. The molecule has 0 fully saturated rings. The molecule has 0 aliphatic carbocycles. The number of benzene rings is 4. The molecule has 2 atom stereocenters. The van der Waals surface area contributed by atoms with Gasteiger partial charge in [0.2, 0.25) is 0 Å². The van der Waals surface area contributed by atoms with Gasteiger partial charge in [-0.25, -0.2) is 0 Å². The highest BCUT2D eigenvalue weighted by Crippen LogP contribution is 2.38. The summed E-state index contributed by atoms with van der Waals surface area (Å²) in [5.74, 6) is 0.651. The van der Waals surface area contributed by atoms with Crippen LogP contribution in [0, 0.1) is 6.92 Å². The van der Waals surface area contributed by atoms with E-state index >= 15 is 0 Å². The Morgan fingerprint density at radius 3 is 2.39 bits per heavy atom. The van der Waals surface area contributed by atoms with Crippen molar-refractivity contribution in [1.29, 1.82) is 0 Å². The Balaban J connectivity index is 1.38. The fraction of sp³-hybridized carbons (Fsp3) is 0.265. The van der Waals surface area contributed by atoms with Crippen LogP contribution in [0.5, 0.6) is 5.75 Å². The summed E-state index contributed by atoms with van der Waals surface area (Å²) in [6.45, 7) is 6.49. The van der Waals surface area contributed by atoms with E-state index in [0.717, 1.165) is 30.8 Å². The Labute approximate surface area is 226 Å². The minimum absolute atomic E-state index is 0.0882. The molecule has 0 spiro atoms. The molecule has 4 nitrogen and oxygen atoms in total. The van der Waals surface area contributed by atoms with E-state index in [-0.39, 0.29) is 11.9 Å². The largest absolute Gasteiger partial charge is 0.481 e. The van der Waals surface area contributed by atoms with Gasteiger partial charge in [0.15, 0.2) is 6.10 Å². The molecule has 1 heterocycles. The van der Waals surface area contributed by atoms with Gasteiger partial charge < -0.3 is 10.1 Å². The van der Waals surface area contributed by atoms with Gasteiger partial charge in [0.05, 0.1) is 6.04 Å². The van der Waals surface area contributed by atoms with Gasteiger partial charge in [0.1, 0.15) is 5.75 Å². The third kappa shape index (κ3) is 6.15. The van der Waals surface area contributed by atoms with Gasteiger partial charge in [0.25, 0.3) is 5.91 Å². The van der Waals surface area contributed by atoms with Crippen LogP contribution in [0.2, 0.25) is 0 Å². The second-order valence-corrected chi connectivity index (χ2v) is 10.1. The first-order chi connectivity index (χ1) is 18.6. The fourth-order valence-electron chi connectivity index (χ4n) is 5.34. The van der Waals surface area contributed by atoms with Crippen LogP contribution in [0.4, 0.5) is 0 Å². The van der Waals surface area contributed by atoms with Crippen LogP contribution in [0.15, 0.2) is 103 Å². The van der Waals surface area contributed by atoms with Crippen molar-refractivity contribution in [3.63, 3.8) is 0 Å². The zero-order chi connectivity index (χ0) is 26.3. The number of rotatable bonds is 9. The Kier molecular flexibility index (Phi) is 8.20. The molecule has 38 heavy (non-hydrogen) atoms. The first kappa shape index (κ1) is 25.7. The van der Waals surface area contributed by atoms with Crippen LogP contribution in [0.25, 0.3) is 0 Å². The number of fused-ring (bicyclic) bond motifs is 1. The molecule has 5 rings (SSSR count). The molecule has 4 aromatic rings. The number of amides is 1. The summed E-state index contributed by atoms with van der Waals surface area (Å²) in [7, 11) is 0. The van der Waals surface area contributed by atoms with Gasteiger partial charge in [0, 0.05) is 19.6 Å². The fourth-order valence-corrected chi connectivity index (χ4v) is 5.34. The maximum atomic E-state index is 13.0. The van der Waals surface area contributed by atoms with E-state index in [1.807, 2.05) is 43.3 Å². The Hall–Kier alpha value is -3.89. The molecule has 1 aliphatic heterocycles. The molecule has 194 valence electrons. The molecule has 1 amide bonds. The second-order valence-electron chi connectivity index (χ2n) is 10.1. The minimum atomic E-state index is -0.543. The van der Waals surface area contributed by atoms with Gasteiger partial charge in [-0.2, -0.15) is 0 Å². The average molecular weight is 505 g/mol. The first-order valence-electron chi connectivity index (χ1n) is 13.6. The Morgan fingerprint density at radius 2 is 1.66 bits per heavy atom. The van der Waals surface area contributed by atoms with Crippen LogP contribution in [-0.2, 0) is 24.3 Å². The van der Waals surface area contributed by atoms with Crippen molar-refractivity contribution >= 4 is 5.91 Å². The standard InChI is InChI=1S/C34H36N2O2/c1-3-32(34(37)35-23-26-12-6-4-7-13-26)38-30-18-17-28-19-20-36(24-27-14-10-11-25(2)21-27)33(31(28)22-30)29-15-8-5-9-16-29/h4-18,21-22,32-33H,3,19-20,23-24H2,1-2H3,(H,35,37)/t32-,33+/m1/s1. The molecule has 0 saturated carbocycles. The Morgan fingerprint density at radius 1 is 0.921 bits per heavy atom. The molecule has 1 aliphatic rings. The lowest BCUT2D eigenvalue weighted by Gasteiger charge is -2.38. The number of nitrogens with one attached hydrogen (secondary N) is 1. The number of aryl methyl sites for hydroxylation is 1. The van der Waals surface area contributed by atoms with Crippen molar-refractivity contribution < 1.29 is 9.53 Å². The highest BCUT2D eigenvalue weighted by Gasteiger charge is 2.30. The molecule has 4 heteroatoms. The van der Waals surface area contributed by atoms with Gasteiger partial charge in [-0.1, -0.05) is 103 Å². The smallest absolute Gasteiger partial charge is 0.261 e.